The molecule has 2 aliphatic rings. The van der Waals surface area contributed by atoms with E-state index in [1.807, 2.05) is 6.92 Å². The molecule has 0 spiro atoms. The van der Waals surface area contributed by atoms with Gasteiger partial charge in [0, 0.05) is 37.1 Å². The van der Waals surface area contributed by atoms with Crippen molar-refractivity contribution in [1.82, 2.24) is 28.9 Å². The highest BCUT2D eigenvalue weighted by Crippen LogP contribution is 2.55. The molecule has 176 valence electrons. The van der Waals surface area contributed by atoms with E-state index in [2.05, 4.69) is 20.4 Å². The van der Waals surface area contributed by atoms with E-state index in [1.165, 1.54) is 6.07 Å². The molecule has 3 aromatic heterocycles. The van der Waals surface area contributed by atoms with Crippen LogP contribution in [0.1, 0.15) is 37.7 Å². The van der Waals surface area contributed by atoms with Gasteiger partial charge in [-0.1, -0.05) is 0 Å². The number of benzene rings is 1. The third-order valence-electron chi connectivity index (χ3n) is 7.62. The molecule has 4 aromatic rings. The van der Waals surface area contributed by atoms with Crippen LogP contribution in [0.4, 0.5) is 16.0 Å². The highest BCUT2D eigenvalue weighted by Gasteiger charge is 2.55. The zero-order valence-electron chi connectivity index (χ0n) is 19.3. The average Bonchev–Trinajstić information content (AvgIpc) is 3.53. The lowest BCUT2D eigenvalue weighted by Crippen LogP contribution is -2.38. The summed E-state index contributed by atoms with van der Waals surface area (Å²) < 4.78 is 19.9. The fraction of sp³-hybridized carbons (Fsp3) is 0.417. The molecule has 1 aromatic carbocycles. The first-order valence-corrected chi connectivity index (χ1v) is 11.4. The maximum Gasteiger partial charge on any atom is 0.330 e. The molecule has 10 heteroatoms. The van der Waals surface area contributed by atoms with Crippen molar-refractivity contribution in [3.63, 3.8) is 0 Å². The molecule has 9 nitrogen and oxygen atoms in total. The fourth-order valence-electron chi connectivity index (χ4n) is 5.77. The van der Waals surface area contributed by atoms with Crippen LogP contribution in [0.25, 0.3) is 22.3 Å². The van der Waals surface area contributed by atoms with E-state index in [1.54, 1.807) is 52.6 Å². The van der Waals surface area contributed by atoms with Gasteiger partial charge in [-0.3, -0.25) is 13.8 Å². The second kappa shape index (κ2) is 6.99. The number of anilines is 2. The molecule has 0 atom stereocenters. The molecule has 0 aliphatic heterocycles. The lowest BCUT2D eigenvalue weighted by molar-refractivity contribution is 0.0521. The summed E-state index contributed by atoms with van der Waals surface area (Å²) in [5.74, 6) is -0.0972. The summed E-state index contributed by atoms with van der Waals surface area (Å²) >= 11 is 0. The van der Waals surface area contributed by atoms with Crippen molar-refractivity contribution < 1.29 is 9.50 Å². The quantitative estimate of drug-likeness (QED) is 0.482. The van der Waals surface area contributed by atoms with Crippen LogP contribution < -0.4 is 11.0 Å². The van der Waals surface area contributed by atoms with E-state index >= 15 is 0 Å². The van der Waals surface area contributed by atoms with Crippen LogP contribution in [-0.2, 0) is 19.6 Å². The molecule has 0 saturated heterocycles. The smallest absolute Gasteiger partial charge is 0.330 e. The summed E-state index contributed by atoms with van der Waals surface area (Å²) in [6.07, 6.45) is 8.44. The van der Waals surface area contributed by atoms with E-state index in [0.717, 1.165) is 18.4 Å². The van der Waals surface area contributed by atoms with Gasteiger partial charge in [-0.15, -0.1) is 0 Å². The number of rotatable bonds is 4. The minimum absolute atomic E-state index is 0.157. The molecule has 2 N–H and O–H groups in total. The number of hydrogen-bond acceptors (Lipinski definition) is 6. The number of aliphatic hydroxyl groups is 1. The molecule has 2 aliphatic carbocycles. The van der Waals surface area contributed by atoms with Crippen molar-refractivity contribution in [2.75, 3.05) is 5.32 Å². The van der Waals surface area contributed by atoms with E-state index in [-0.39, 0.29) is 17.5 Å². The van der Waals surface area contributed by atoms with E-state index in [0.29, 0.717) is 47.2 Å². The number of aryl methyl sites for hydroxylation is 3. The number of imidazole rings is 1. The number of nitrogens with one attached hydrogen (secondary N) is 1. The Bertz CT molecular complexity index is 1510. The monoisotopic (exact) mass is 463 g/mol. The van der Waals surface area contributed by atoms with Crippen LogP contribution >= 0.6 is 0 Å². The summed E-state index contributed by atoms with van der Waals surface area (Å²) in [6, 6.07) is 3.19. The topological polar surface area (TPSA) is 103 Å². The zero-order chi connectivity index (χ0) is 23.8. The number of fused-ring (bicyclic) bond motifs is 3. The first-order valence-electron chi connectivity index (χ1n) is 11.4. The number of aromatic nitrogens is 6. The molecular weight excluding hydrogens is 437 g/mol. The van der Waals surface area contributed by atoms with Gasteiger partial charge in [0.25, 0.3) is 0 Å². The van der Waals surface area contributed by atoms with Gasteiger partial charge in [0.15, 0.2) is 5.65 Å². The molecule has 2 bridgehead atoms. The second-order valence-electron chi connectivity index (χ2n) is 9.88. The third kappa shape index (κ3) is 3.01. The van der Waals surface area contributed by atoms with Gasteiger partial charge in [0.2, 0.25) is 5.95 Å². The molecular formula is C24H26FN7O2. The Kier molecular flexibility index (Phi) is 4.32. The highest BCUT2D eigenvalue weighted by molar-refractivity contribution is 5.74. The normalized spacial score (nSPS) is 23.8. The molecule has 2 saturated carbocycles. The highest BCUT2D eigenvalue weighted by atomic mass is 19.1. The Morgan fingerprint density at radius 2 is 1.91 bits per heavy atom. The van der Waals surface area contributed by atoms with E-state index in [4.69, 9.17) is 0 Å². The number of hydrogen-bond donors (Lipinski definition) is 2. The molecule has 0 radical (unpaired) electrons. The van der Waals surface area contributed by atoms with Crippen molar-refractivity contribution in [3.8, 4) is 11.1 Å². The fourth-order valence-corrected chi connectivity index (χ4v) is 5.77. The number of nitrogens with zero attached hydrogens (tertiary/aromatic N) is 6. The molecule has 0 unspecified atom stereocenters. The van der Waals surface area contributed by atoms with Crippen LogP contribution in [0.5, 0.6) is 0 Å². The standard InChI is InChI=1S/C24H26FN7O2/c1-14-8-16(15-10-27-30(2)12-15)17(25)9-18(14)28-21-26-11-19-20(29-21)32(22(33)31(19)3)23-4-6-24(34,13-23)7-5-23/h8-12,34H,4-7,13H2,1-3H3,(H,26,28,29). The Labute approximate surface area is 194 Å². The summed E-state index contributed by atoms with van der Waals surface area (Å²) in [7, 11) is 3.50. The van der Waals surface area contributed by atoms with Crippen molar-refractivity contribution in [3.05, 3.63) is 52.6 Å². The summed E-state index contributed by atoms with van der Waals surface area (Å²) in [5, 5.41) is 18.0. The van der Waals surface area contributed by atoms with Crippen LogP contribution in [-0.4, -0.2) is 39.6 Å². The van der Waals surface area contributed by atoms with Gasteiger partial charge in [-0.25, -0.2) is 14.2 Å². The maximum absolute atomic E-state index is 15.0. The Morgan fingerprint density at radius 3 is 2.56 bits per heavy atom. The SMILES string of the molecule is Cc1cc(-c2cnn(C)c2)c(F)cc1Nc1ncc2c(n1)n(C13CCC(O)(CC1)C3)c(=O)n2C. The van der Waals surface area contributed by atoms with Crippen molar-refractivity contribution in [1.29, 1.82) is 0 Å². The minimum Gasteiger partial charge on any atom is -0.390 e. The Hall–Kier alpha value is -3.53. The maximum atomic E-state index is 15.0. The predicted octanol–water partition coefficient (Wildman–Crippen LogP) is 3.13. The van der Waals surface area contributed by atoms with Crippen molar-refractivity contribution >= 4 is 22.8 Å². The van der Waals surface area contributed by atoms with Crippen molar-refractivity contribution in [2.45, 2.75) is 50.2 Å². The average molecular weight is 464 g/mol. The van der Waals surface area contributed by atoms with Gasteiger partial charge in [-0.05, 0) is 56.7 Å². The van der Waals surface area contributed by atoms with Gasteiger partial charge in [0.1, 0.15) is 11.3 Å². The minimum atomic E-state index is -0.694. The van der Waals surface area contributed by atoms with E-state index < -0.39 is 11.1 Å². The van der Waals surface area contributed by atoms with Crippen LogP contribution in [0.2, 0.25) is 0 Å². The predicted molar refractivity (Wildman–Crippen MR) is 125 cm³/mol. The van der Waals surface area contributed by atoms with Gasteiger partial charge in [0.05, 0.1) is 23.5 Å². The number of halogens is 1. The lowest BCUT2D eigenvalue weighted by Gasteiger charge is -2.27. The summed E-state index contributed by atoms with van der Waals surface area (Å²) in [4.78, 5) is 22.3. The van der Waals surface area contributed by atoms with Gasteiger partial charge >= 0.3 is 5.69 Å². The Morgan fingerprint density at radius 1 is 1.15 bits per heavy atom. The molecule has 0 amide bonds. The summed E-state index contributed by atoms with van der Waals surface area (Å²) in [6.45, 7) is 1.88. The van der Waals surface area contributed by atoms with Crippen LogP contribution in [0.15, 0.2) is 35.5 Å². The van der Waals surface area contributed by atoms with Crippen LogP contribution in [0, 0.1) is 12.7 Å². The first kappa shape index (κ1) is 21.0. The van der Waals surface area contributed by atoms with E-state index in [9.17, 15) is 14.3 Å². The van der Waals surface area contributed by atoms with Gasteiger partial charge < -0.3 is 10.4 Å². The Balaban J connectivity index is 1.40. The summed E-state index contributed by atoms with van der Waals surface area (Å²) in [5.41, 5.74) is 2.42. The second-order valence-corrected chi connectivity index (χ2v) is 9.88. The first-order chi connectivity index (χ1) is 16.2. The lowest BCUT2D eigenvalue weighted by atomic mass is 9.92. The molecule has 34 heavy (non-hydrogen) atoms. The molecule has 6 rings (SSSR count). The molecule has 2 fully saturated rings. The van der Waals surface area contributed by atoms with Crippen molar-refractivity contribution in [2.24, 2.45) is 14.1 Å². The zero-order valence-corrected chi connectivity index (χ0v) is 19.3. The largest absolute Gasteiger partial charge is 0.390 e. The molecule has 3 heterocycles. The third-order valence-corrected chi connectivity index (χ3v) is 7.62. The van der Waals surface area contributed by atoms with Crippen LogP contribution in [0.3, 0.4) is 0 Å². The van der Waals surface area contributed by atoms with Gasteiger partial charge in [-0.2, -0.15) is 10.1 Å².